The van der Waals surface area contributed by atoms with Crippen LogP contribution in [0.2, 0.25) is 0 Å². The van der Waals surface area contributed by atoms with Crippen molar-refractivity contribution in [3.05, 3.63) is 190 Å². The van der Waals surface area contributed by atoms with E-state index in [1.807, 2.05) is 121 Å². The van der Waals surface area contributed by atoms with Gasteiger partial charge in [0.25, 0.3) is 0 Å². The number of rotatable bonds is 16. The monoisotopic (exact) mass is 1260 g/mol. The molecule has 4 aromatic heterocycles. The maximum absolute atomic E-state index is 12.0. The summed E-state index contributed by atoms with van der Waals surface area (Å²) in [5.41, 5.74) is 15.1. The van der Waals surface area contributed by atoms with E-state index in [-0.39, 0.29) is 61.9 Å². The van der Waals surface area contributed by atoms with Gasteiger partial charge in [0.05, 0.1) is 0 Å². The summed E-state index contributed by atoms with van der Waals surface area (Å²) in [6.07, 6.45) is 6.03. The van der Waals surface area contributed by atoms with Crippen LogP contribution < -0.4 is 0 Å². The Morgan fingerprint density at radius 3 is 0.734 bits per heavy atom. The first-order valence-corrected chi connectivity index (χ1v) is 32.8. The van der Waals surface area contributed by atoms with Gasteiger partial charge in [0.1, 0.15) is 89.9 Å². The first-order valence-electron chi connectivity index (χ1n) is 32.8. The predicted octanol–water partition coefficient (Wildman–Crippen LogP) is 17.7. The minimum atomic E-state index is -0.231. The molecule has 0 aliphatic heterocycles. The van der Waals surface area contributed by atoms with Crippen molar-refractivity contribution in [2.75, 3.05) is 0 Å². The third-order valence-corrected chi connectivity index (χ3v) is 17.4. The molecule has 16 heteroatoms. The summed E-state index contributed by atoms with van der Waals surface area (Å²) >= 11 is 0. The van der Waals surface area contributed by atoms with Gasteiger partial charge in [0.2, 0.25) is 0 Å². The second-order valence-electron chi connectivity index (χ2n) is 31.9. The van der Waals surface area contributed by atoms with Crippen molar-refractivity contribution < 1.29 is 20.4 Å². The van der Waals surface area contributed by atoms with E-state index in [9.17, 15) is 20.4 Å². The second-order valence-corrected chi connectivity index (χ2v) is 31.9. The number of aromatic hydroxyl groups is 4. The number of fused-ring (bicyclic) bond motifs is 4. The van der Waals surface area contributed by atoms with E-state index in [4.69, 9.17) is 20.4 Å². The van der Waals surface area contributed by atoms with Crippen molar-refractivity contribution in [1.82, 2.24) is 60.0 Å². The highest BCUT2D eigenvalue weighted by molar-refractivity contribution is 5.77. The van der Waals surface area contributed by atoms with Gasteiger partial charge in [-0.15, -0.1) is 60.0 Å². The van der Waals surface area contributed by atoms with Crippen LogP contribution in [0.15, 0.2) is 146 Å². The molecule has 8 aromatic carbocycles. The molecule has 0 unspecified atom stereocenters. The zero-order chi connectivity index (χ0) is 67.5. The highest BCUT2D eigenvalue weighted by Crippen LogP contribution is 2.45. The Hall–Kier alpha value is -9.44. The van der Waals surface area contributed by atoms with Crippen LogP contribution in [0.3, 0.4) is 0 Å². The molecular formula is C78H92N12O4. The molecule has 0 spiro atoms. The van der Waals surface area contributed by atoms with E-state index < -0.39 is 0 Å². The van der Waals surface area contributed by atoms with Crippen LogP contribution in [0.25, 0.3) is 66.9 Å². The highest BCUT2D eigenvalue weighted by Gasteiger charge is 2.33. The van der Waals surface area contributed by atoms with Crippen LogP contribution in [-0.4, -0.2) is 80.4 Å². The molecule has 0 aliphatic carbocycles. The largest absolute Gasteiger partial charge is 0.505 e. The Kier molecular flexibility index (Phi) is 17.6. The third-order valence-electron chi connectivity index (χ3n) is 17.4. The molecule has 0 atom stereocenters. The minimum Gasteiger partial charge on any atom is -0.505 e. The quantitative estimate of drug-likeness (QED) is 0.0714. The van der Waals surface area contributed by atoms with Gasteiger partial charge in [-0.25, -0.2) is 0 Å². The standard InChI is InChI=1S/C41H50N6O2.C37H42N6O2/c1-38(2,3)24-40(7,8)28-20-26(36(48)34(22-28)46-42-30-15-11-12-16-31(30)43-46)19-27-21-29(41(9,10)25-39(4,5)6)23-35(37(27)49)47-44-32-17-13-14-18-33(32)45-47;1-36(2,3)17-15-24-19-26(34(44)32(21-24)42-38-28-11-7-8-12-29(28)39-42)23-27-20-25(16-18-37(4,5)6)22-33(35(27)45)43-40-30-13-9-10-14-31(30)41-43/h11-18,20-23,48-49H,19,24-25H2,1-10H3;7-14,19-22,44-45H,15-18,23H2,1-6H3. The summed E-state index contributed by atoms with van der Waals surface area (Å²) in [5, 5.41) is 85.1. The number of benzene rings is 8. The van der Waals surface area contributed by atoms with E-state index in [1.54, 1.807) is 0 Å². The van der Waals surface area contributed by atoms with Gasteiger partial charge >= 0.3 is 0 Å². The average molecular weight is 1260 g/mol. The summed E-state index contributed by atoms with van der Waals surface area (Å²) in [7, 11) is 0. The first kappa shape index (κ1) is 66.0. The Balaban J connectivity index is 0.000000192. The Morgan fingerprint density at radius 1 is 0.287 bits per heavy atom. The molecule has 0 bridgehead atoms. The normalized spacial score (nSPS) is 12.8. The maximum atomic E-state index is 12.0. The Labute approximate surface area is 552 Å². The minimum absolute atomic E-state index is 0.0702. The molecular weight excluding hydrogens is 1170 g/mol. The lowest BCUT2D eigenvalue weighted by Gasteiger charge is -2.34. The predicted molar refractivity (Wildman–Crippen MR) is 377 cm³/mol. The van der Waals surface area contributed by atoms with Crippen molar-refractivity contribution in [1.29, 1.82) is 0 Å². The summed E-state index contributed by atoms with van der Waals surface area (Å²) in [6, 6.07) is 47.0. The number of aryl methyl sites for hydroxylation is 2. The van der Waals surface area contributed by atoms with Gasteiger partial charge in [0.15, 0.2) is 0 Å². The molecule has 12 rings (SSSR count). The van der Waals surface area contributed by atoms with E-state index >= 15 is 0 Å². The highest BCUT2D eigenvalue weighted by atomic mass is 16.3. The van der Waals surface area contributed by atoms with Crippen LogP contribution in [0, 0.1) is 21.7 Å². The zero-order valence-corrected chi connectivity index (χ0v) is 57.7. The molecule has 0 amide bonds. The van der Waals surface area contributed by atoms with E-state index in [1.165, 1.54) is 19.2 Å². The molecule has 0 saturated carbocycles. The third kappa shape index (κ3) is 15.1. The molecule has 12 aromatic rings. The average Bonchev–Trinajstić information content (AvgIpc) is 1.28. The van der Waals surface area contributed by atoms with Crippen molar-refractivity contribution in [3.63, 3.8) is 0 Å². The smallest absolute Gasteiger partial charge is 0.146 e. The van der Waals surface area contributed by atoms with Crippen molar-refractivity contribution in [2.45, 2.75) is 173 Å². The van der Waals surface area contributed by atoms with Crippen molar-refractivity contribution in [3.8, 4) is 45.7 Å². The van der Waals surface area contributed by atoms with E-state index in [2.05, 4.69) is 155 Å². The van der Waals surface area contributed by atoms with Gasteiger partial charge < -0.3 is 20.4 Å². The number of nitrogens with zero attached hydrogens (tertiary/aromatic N) is 12. The fourth-order valence-electron chi connectivity index (χ4n) is 13.2. The van der Waals surface area contributed by atoms with Crippen molar-refractivity contribution >= 4 is 44.1 Å². The number of phenols is 4. The fourth-order valence-corrected chi connectivity index (χ4v) is 13.2. The van der Waals surface area contributed by atoms with Crippen LogP contribution in [0.1, 0.15) is 181 Å². The van der Waals surface area contributed by atoms with Gasteiger partial charge in [-0.2, -0.15) is 0 Å². The number of hydrogen-bond acceptors (Lipinski definition) is 12. The molecule has 4 heterocycles. The molecule has 0 saturated heterocycles. The molecule has 16 nitrogen and oxygen atoms in total. The topological polar surface area (TPSA) is 204 Å². The lowest BCUT2D eigenvalue weighted by Crippen LogP contribution is -2.25. The molecule has 0 fully saturated rings. The van der Waals surface area contributed by atoms with Crippen LogP contribution in [0.5, 0.6) is 23.0 Å². The van der Waals surface area contributed by atoms with Gasteiger partial charge in [-0.3, -0.25) is 0 Å². The van der Waals surface area contributed by atoms with Gasteiger partial charge in [0, 0.05) is 35.1 Å². The van der Waals surface area contributed by atoms with Gasteiger partial charge in [-0.05, 0) is 166 Å². The summed E-state index contributed by atoms with van der Waals surface area (Å²) in [4.78, 5) is 6.11. The SMILES string of the molecule is CC(C)(C)CC(C)(C)c1cc(Cc2cc(C(C)(C)CC(C)(C)C)cc(-n3nc4ccccc4n3)c2O)c(O)c(-n2nc3ccccc3n2)c1.CC(C)(C)CCc1cc(Cc2cc(CCC(C)(C)C)cc(-n3nc4ccccc4n3)c2O)c(O)c(-n2nc3ccccc3n2)c1. The maximum Gasteiger partial charge on any atom is 0.146 e. The van der Waals surface area contributed by atoms with Crippen molar-refractivity contribution in [2.24, 2.45) is 21.7 Å². The van der Waals surface area contributed by atoms with E-state index in [0.717, 1.165) is 105 Å². The Bertz CT molecular complexity index is 4320. The molecule has 94 heavy (non-hydrogen) atoms. The lowest BCUT2D eigenvalue weighted by molar-refractivity contribution is 0.283. The zero-order valence-electron chi connectivity index (χ0n) is 57.7. The number of aromatic nitrogens is 12. The molecule has 4 N–H and O–H groups in total. The van der Waals surface area contributed by atoms with Crippen LogP contribution >= 0.6 is 0 Å². The number of phenolic OH excluding ortho intramolecular Hbond substituents is 4. The fraction of sp³-hybridized carbons (Fsp3) is 0.385. The molecule has 0 aliphatic rings. The number of hydrogen-bond donors (Lipinski definition) is 4. The van der Waals surface area contributed by atoms with Gasteiger partial charge in [-0.1, -0.05) is 184 Å². The summed E-state index contributed by atoms with van der Waals surface area (Å²) in [6.45, 7) is 35.8. The van der Waals surface area contributed by atoms with E-state index in [0.29, 0.717) is 51.4 Å². The summed E-state index contributed by atoms with van der Waals surface area (Å²) < 4.78 is 0. The molecule has 488 valence electrons. The second kappa shape index (κ2) is 25.1. The summed E-state index contributed by atoms with van der Waals surface area (Å²) in [5.74, 6) is 0.357. The Morgan fingerprint density at radius 2 is 0.511 bits per heavy atom. The lowest BCUT2D eigenvalue weighted by atomic mass is 9.71. The van der Waals surface area contributed by atoms with Crippen LogP contribution in [0.4, 0.5) is 0 Å². The first-order chi connectivity index (χ1) is 44.1. The van der Waals surface area contributed by atoms with Crippen LogP contribution in [-0.2, 0) is 36.5 Å². The molecule has 0 radical (unpaired) electrons.